The molecule has 0 heterocycles. The van der Waals surface area contributed by atoms with Crippen molar-refractivity contribution in [1.29, 1.82) is 0 Å². The van der Waals surface area contributed by atoms with E-state index < -0.39 is 29.9 Å². The van der Waals surface area contributed by atoms with Crippen LogP contribution in [-0.2, 0) is 25.7 Å². The maximum atomic E-state index is 12.6. The van der Waals surface area contributed by atoms with Gasteiger partial charge in [-0.1, -0.05) is 61.9 Å². The van der Waals surface area contributed by atoms with E-state index in [9.17, 15) is 14.4 Å². The first-order valence-electron chi connectivity index (χ1n) is 10.3. The predicted molar refractivity (Wildman–Crippen MR) is 117 cm³/mol. The standard InChI is InChI=1S/C24H30N2O5/c1-16(2)22(26-21(27)15-30-20-8-6-5-7-9-20)24(29)31-18(4)23(28)25-14-19-12-10-17(3)11-13-19/h5-13,16,18,22H,14-15H2,1-4H3,(H,25,28)(H,26,27)/t18-,22-/m0/s1. The Kier molecular flexibility index (Phi) is 9.06. The van der Waals surface area contributed by atoms with Gasteiger partial charge < -0.3 is 20.1 Å². The van der Waals surface area contributed by atoms with Crippen LogP contribution >= 0.6 is 0 Å². The van der Waals surface area contributed by atoms with Crippen LogP contribution in [-0.4, -0.2) is 36.5 Å². The van der Waals surface area contributed by atoms with Crippen molar-refractivity contribution in [2.75, 3.05) is 6.61 Å². The summed E-state index contributed by atoms with van der Waals surface area (Å²) in [7, 11) is 0. The van der Waals surface area contributed by atoms with Crippen LogP contribution in [0.5, 0.6) is 5.75 Å². The number of hydrogen-bond acceptors (Lipinski definition) is 5. The number of hydrogen-bond donors (Lipinski definition) is 2. The molecule has 2 atom stereocenters. The summed E-state index contributed by atoms with van der Waals surface area (Å²) in [5.74, 6) is -1.19. The van der Waals surface area contributed by atoms with Gasteiger partial charge in [-0.3, -0.25) is 9.59 Å². The van der Waals surface area contributed by atoms with Gasteiger partial charge in [-0.15, -0.1) is 0 Å². The minimum absolute atomic E-state index is 0.226. The third kappa shape index (κ3) is 8.12. The molecule has 166 valence electrons. The molecule has 0 aliphatic carbocycles. The maximum absolute atomic E-state index is 12.6. The van der Waals surface area contributed by atoms with Crippen molar-refractivity contribution in [2.45, 2.75) is 46.4 Å². The Morgan fingerprint density at radius 2 is 1.58 bits per heavy atom. The largest absolute Gasteiger partial charge is 0.484 e. The highest BCUT2D eigenvalue weighted by Gasteiger charge is 2.29. The molecule has 2 amide bonds. The number of ether oxygens (including phenoxy) is 2. The Hall–Kier alpha value is -3.35. The third-order valence-electron chi connectivity index (χ3n) is 4.60. The van der Waals surface area contributed by atoms with Crippen molar-refractivity contribution >= 4 is 17.8 Å². The lowest BCUT2D eigenvalue weighted by Crippen LogP contribution is -2.48. The summed E-state index contributed by atoms with van der Waals surface area (Å²) in [4.78, 5) is 37.1. The van der Waals surface area contributed by atoms with Gasteiger partial charge in [0.2, 0.25) is 0 Å². The van der Waals surface area contributed by atoms with Gasteiger partial charge in [0.05, 0.1) is 0 Å². The molecule has 0 aliphatic rings. The second kappa shape index (κ2) is 11.7. The molecular weight excluding hydrogens is 396 g/mol. The van der Waals surface area contributed by atoms with Crippen molar-refractivity contribution in [2.24, 2.45) is 5.92 Å². The summed E-state index contributed by atoms with van der Waals surface area (Å²) >= 11 is 0. The fourth-order valence-corrected chi connectivity index (χ4v) is 2.72. The van der Waals surface area contributed by atoms with E-state index in [2.05, 4.69) is 10.6 Å². The average molecular weight is 427 g/mol. The van der Waals surface area contributed by atoms with Gasteiger partial charge in [0.15, 0.2) is 12.7 Å². The van der Waals surface area contributed by atoms with Crippen LogP contribution in [0, 0.1) is 12.8 Å². The number of para-hydroxylation sites is 1. The molecule has 2 aromatic rings. The summed E-state index contributed by atoms with van der Waals surface area (Å²) in [6, 6.07) is 15.8. The molecule has 0 fully saturated rings. The highest BCUT2D eigenvalue weighted by Crippen LogP contribution is 2.09. The van der Waals surface area contributed by atoms with Crippen molar-refractivity contribution in [3.63, 3.8) is 0 Å². The molecular formula is C24H30N2O5. The van der Waals surface area contributed by atoms with Crippen molar-refractivity contribution < 1.29 is 23.9 Å². The molecule has 0 spiro atoms. The van der Waals surface area contributed by atoms with E-state index >= 15 is 0 Å². The number of rotatable bonds is 10. The van der Waals surface area contributed by atoms with E-state index in [4.69, 9.17) is 9.47 Å². The number of esters is 1. The van der Waals surface area contributed by atoms with Gasteiger partial charge in [0.25, 0.3) is 11.8 Å². The molecule has 31 heavy (non-hydrogen) atoms. The molecule has 0 aliphatic heterocycles. The zero-order chi connectivity index (χ0) is 22.8. The Morgan fingerprint density at radius 1 is 0.935 bits per heavy atom. The van der Waals surface area contributed by atoms with E-state index in [0.29, 0.717) is 12.3 Å². The Bertz CT molecular complexity index is 865. The molecule has 0 bridgehead atoms. The Balaban J connectivity index is 1.83. The first kappa shape index (κ1) is 23.9. The third-order valence-corrected chi connectivity index (χ3v) is 4.60. The van der Waals surface area contributed by atoms with Gasteiger partial charge >= 0.3 is 5.97 Å². The number of carbonyl (C=O) groups is 3. The van der Waals surface area contributed by atoms with Gasteiger partial charge in [-0.25, -0.2) is 4.79 Å². The number of carbonyl (C=O) groups excluding carboxylic acids is 3. The quantitative estimate of drug-likeness (QED) is 0.570. The van der Waals surface area contributed by atoms with E-state index in [0.717, 1.165) is 11.1 Å². The summed E-state index contributed by atoms with van der Waals surface area (Å²) in [6.45, 7) is 7.16. The van der Waals surface area contributed by atoms with E-state index in [-0.39, 0.29) is 12.5 Å². The van der Waals surface area contributed by atoms with Crippen LogP contribution in [0.15, 0.2) is 54.6 Å². The van der Waals surface area contributed by atoms with Crippen LogP contribution in [0.3, 0.4) is 0 Å². The van der Waals surface area contributed by atoms with E-state index in [1.54, 1.807) is 38.1 Å². The lowest BCUT2D eigenvalue weighted by Gasteiger charge is -2.23. The fraction of sp³-hybridized carbons (Fsp3) is 0.375. The number of amides is 2. The first-order chi connectivity index (χ1) is 14.8. The van der Waals surface area contributed by atoms with E-state index in [1.165, 1.54) is 6.92 Å². The zero-order valence-corrected chi connectivity index (χ0v) is 18.4. The Morgan fingerprint density at radius 3 is 2.19 bits per heavy atom. The van der Waals surface area contributed by atoms with Crippen LogP contribution in [0.1, 0.15) is 31.9 Å². The smallest absolute Gasteiger partial charge is 0.329 e. The molecule has 0 saturated carbocycles. The first-order valence-corrected chi connectivity index (χ1v) is 10.3. The molecule has 7 heteroatoms. The number of nitrogens with one attached hydrogen (secondary N) is 2. The summed E-state index contributed by atoms with van der Waals surface area (Å²) in [6.07, 6.45) is -0.989. The maximum Gasteiger partial charge on any atom is 0.329 e. The molecule has 2 rings (SSSR count). The number of benzene rings is 2. The number of aryl methyl sites for hydroxylation is 1. The highest BCUT2D eigenvalue weighted by atomic mass is 16.5. The van der Waals surface area contributed by atoms with Crippen molar-refractivity contribution in [3.05, 3.63) is 65.7 Å². The molecule has 2 aromatic carbocycles. The fourth-order valence-electron chi connectivity index (χ4n) is 2.72. The predicted octanol–water partition coefficient (Wildman–Crippen LogP) is 2.76. The normalized spacial score (nSPS) is 12.5. The van der Waals surface area contributed by atoms with E-state index in [1.807, 2.05) is 37.3 Å². The molecule has 0 aromatic heterocycles. The topological polar surface area (TPSA) is 93.7 Å². The van der Waals surface area contributed by atoms with Gasteiger partial charge in [0.1, 0.15) is 11.8 Å². The molecule has 7 nitrogen and oxygen atoms in total. The summed E-state index contributed by atoms with van der Waals surface area (Å²) in [5.41, 5.74) is 2.08. The Labute approximate surface area is 183 Å². The highest BCUT2D eigenvalue weighted by molar-refractivity contribution is 5.88. The second-order valence-electron chi connectivity index (χ2n) is 7.67. The monoisotopic (exact) mass is 426 g/mol. The minimum atomic E-state index is -0.989. The average Bonchev–Trinajstić information content (AvgIpc) is 2.75. The summed E-state index contributed by atoms with van der Waals surface area (Å²) < 4.78 is 10.7. The lowest BCUT2D eigenvalue weighted by molar-refractivity contribution is -0.158. The molecule has 2 N–H and O–H groups in total. The van der Waals surface area contributed by atoms with Gasteiger partial charge in [-0.2, -0.15) is 0 Å². The van der Waals surface area contributed by atoms with Crippen LogP contribution in [0.4, 0.5) is 0 Å². The van der Waals surface area contributed by atoms with Gasteiger partial charge in [-0.05, 0) is 37.5 Å². The zero-order valence-electron chi connectivity index (χ0n) is 18.4. The molecule has 0 radical (unpaired) electrons. The minimum Gasteiger partial charge on any atom is -0.484 e. The van der Waals surface area contributed by atoms with Crippen LogP contribution in [0.2, 0.25) is 0 Å². The van der Waals surface area contributed by atoms with Gasteiger partial charge in [0, 0.05) is 6.54 Å². The van der Waals surface area contributed by atoms with Crippen molar-refractivity contribution in [1.82, 2.24) is 10.6 Å². The summed E-state index contributed by atoms with van der Waals surface area (Å²) in [5, 5.41) is 5.37. The molecule has 0 unspecified atom stereocenters. The second-order valence-corrected chi connectivity index (χ2v) is 7.67. The SMILES string of the molecule is Cc1ccc(CNC(=O)[C@H](C)OC(=O)[C@@H](NC(=O)COc2ccccc2)C(C)C)cc1. The van der Waals surface area contributed by atoms with Crippen LogP contribution < -0.4 is 15.4 Å². The lowest BCUT2D eigenvalue weighted by atomic mass is 10.0. The molecule has 0 saturated heterocycles. The van der Waals surface area contributed by atoms with Crippen LogP contribution in [0.25, 0.3) is 0 Å². The van der Waals surface area contributed by atoms with Crippen molar-refractivity contribution in [3.8, 4) is 5.75 Å².